The van der Waals surface area contributed by atoms with Crippen LogP contribution in [0.2, 0.25) is 0 Å². The molecule has 3 rings (SSSR count). The summed E-state index contributed by atoms with van der Waals surface area (Å²) in [5.41, 5.74) is 1.97. The molecule has 0 aliphatic carbocycles. The molecule has 1 aliphatic rings. The van der Waals surface area contributed by atoms with E-state index < -0.39 is 0 Å². The molecular weight excluding hydrogens is 250 g/mol. The molecule has 1 aliphatic heterocycles. The van der Waals surface area contributed by atoms with Gasteiger partial charge < -0.3 is 14.8 Å². The van der Waals surface area contributed by atoms with Crippen LogP contribution >= 0.6 is 0 Å². The Morgan fingerprint density at radius 1 is 1.30 bits per heavy atom. The maximum Gasteiger partial charge on any atom is 0.252 e. The van der Waals surface area contributed by atoms with E-state index in [1.54, 1.807) is 10.6 Å². The van der Waals surface area contributed by atoms with E-state index in [1.807, 2.05) is 25.2 Å². The molecule has 2 heterocycles. The Bertz CT molecular complexity index is 677. The largest absolute Gasteiger partial charge is 0.384 e. The maximum absolute atomic E-state index is 12.0. The fourth-order valence-corrected chi connectivity index (χ4v) is 3.00. The van der Waals surface area contributed by atoms with Crippen LogP contribution in [0.1, 0.15) is 6.42 Å². The van der Waals surface area contributed by atoms with Crippen LogP contribution in [0.15, 0.2) is 35.1 Å². The van der Waals surface area contributed by atoms with E-state index in [9.17, 15) is 4.79 Å². The molecule has 2 aromatic rings. The first-order valence-electron chi connectivity index (χ1n) is 7.16. The Morgan fingerprint density at radius 3 is 2.85 bits per heavy atom. The van der Waals surface area contributed by atoms with Gasteiger partial charge in [-0.2, -0.15) is 0 Å². The summed E-state index contributed by atoms with van der Waals surface area (Å²) in [6.45, 7) is 3.24. The molecule has 1 N–H and O–H groups in total. The average Bonchev–Trinajstić information content (AvgIpc) is 2.87. The standard InChI is InChI=1S/C16H21N3O/c1-18-8-7-12(11-18)10-17-14-9-16(20)19(2)15-6-4-3-5-13(14)15/h3-6,9,12,17H,7-8,10-11H2,1-2H3. The Kier molecular flexibility index (Phi) is 3.49. The lowest BCUT2D eigenvalue weighted by molar-refractivity contribution is 0.399. The van der Waals surface area contributed by atoms with Crippen molar-refractivity contribution in [1.82, 2.24) is 9.47 Å². The second-order valence-electron chi connectivity index (χ2n) is 5.77. The first-order valence-corrected chi connectivity index (χ1v) is 7.16. The Morgan fingerprint density at radius 2 is 2.10 bits per heavy atom. The van der Waals surface area contributed by atoms with Gasteiger partial charge in [-0.25, -0.2) is 0 Å². The van der Waals surface area contributed by atoms with Gasteiger partial charge in [-0.15, -0.1) is 0 Å². The Hall–Kier alpha value is -1.81. The van der Waals surface area contributed by atoms with Crippen molar-refractivity contribution < 1.29 is 0 Å². The van der Waals surface area contributed by atoms with E-state index in [0.717, 1.165) is 29.7 Å². The highest BCUT2D eigenvalue weighted by Crippen LogP contribution is 2.22. The van der Waals surface area contributed by atoms with Gasteiger partial charge in [0, 0.05) is 37.3 Å². The number of anilines is 1. The molecule has 1 aromatic heterocycles. The van der Waals surface area contributed by atoms with Crippen LogP contribution in [-0.4, -0.2) is 36.1 Å². The molecule has 0 amide bonds. The zero-order valence-corrected chi connectivity index (χ0v) is 12.1. The molecule has 1 atom stereocenters. The van der Waals surface area contributed by atoms with Crippen molar-refractivity contribution in [1.29, 1.82) is 0 Å². The highest BCUT2D eigenvalue weighted by Gasteiger charge is 2.19. The smallest absolute Gasteiger partial charge is 0.252 e. The van der Waals surface area contributed by atoms with Crippen molar-refractivity contribution in [3.63, 3.8) is 0 Å². The fraction of sp³-hybridized carbons (Fsp3) is 0.438. The highest BCUT2D eigenvalue weighted by molar-refractivity contribution is 5.91. The van der Waals surface area contributed by atoms with Crippen molar-refractivity contribution in [2.45, 2.75) is 6.42 Å². The number of pyridine rings is 1. The molecule has 0 spiro atoms. The Labute approximate surface area is 119 Å². The predicted octanol–water partition coefficient (Wildman–Crippen LogP) is 1.90. The third-order valence-electron chi connectivity index (χ3n) is 4.22. The predicted molar refractivity (Wildman–Crippen MR) is 83.3 cm³/mol. The van der Waals surface area contributed by atoms with Crippen LogP contribution < -0.4 is 10.9 Å². The van der Waals surface area contributed by atoms with Crippen molar-refractivity contribution in [2.75, 3.05) is 32.0 Å². The molecule has 1 aromatic carbocycles. The second-order valence-corrected chi connectivity index (χ2v) is 5.77. The summed E-state index contributed by atoms with van der Waals surface area (Å²) in [5, 5.41) is 4.59. The fourth-order valence-electron chi connectivity index (χ4n) is 3.00. The number of nitrogens with one attached hydrogen (secondary N) is 1. The number of para-hydroxylation sites is 1. The lowest BCUT2D eigenvalue weighted by atomic mass is 10.1. The normalized spacial score (nSPS) is 19.6. The number of nitrogens with zero attached hydrogens (tertiary/aromatic N) is 2. The first-order chi connectivity index (χ1) is 9.65. The minimum Gasteiger partial charge on any atom is -0.384 e. The molecule has 0 radical (unpaired) electrons. The van der Waals surface area contributed by atoms with E-state index >= 15 is 0 Å². The van der Waals surface area contributed by atoms with Crippen LogP contribution in [0.25, 0.3) is 10.9 Å². The van der Waals surface area contributed by atoms with Gasteiger partial charge in [-0.3, -0.25) is 4.79 Å². The van der Waals surface area contributed by atoms with Crippen molar-refractivity contribution in [3.05, 3.63) is 40.7 Å². The third-order valence-corrected chi connectivity index (χ3v) is 4.22. The summed E-state index contributed by atoms with van der Waals surface area (Å²) in [7, 11) is 3.98. The molecular formula is C16H21N3O. The minimum absolute atomic E-state index is 0.0368. The molecule has 20 heavy (non-hydrogen) atoms. The van der Waals surface area contributed by atoms with Gasteiger partial charge in [-0.05, 0) is 32.0 Å². The molecule has 4 nitrogen and oxygen atoms in total. The number of likely N-dealkylation sites (tertiary alicyclic amines) is 1. The van der Waals surface area contributed by atoms with Crippen molar-refractivity contribution in [2.24, 2.45) is 13.0 Å². The van der Waals surface area contributed by atoms with Crippen LogP contribution in [0.3, 0.4) is 0 Å². The van der Waals surface area contributed by atoms with E-state index in [4.69, 9.17) is 0 Å². The maximum atomic E-state index is 12.0. The molecule has 1 fully saturated rings. The van der Waals surface area contributed by atoms with Crippen LogP contribution in [0, 0.1) is 5.92 Å². The van der Waals surface area contributed by atoms with Crippen molar-refractivity contribution >= 4 is 16.6 Å². The summed E-state index contributed by atoms with van der Waals surface area (Å²) in [5.74, 6) is 0.669. The van der Waals surface area contributed by atoms with E-state index in [1.165, 1.54) is 13.0 Å². The Balaban J connectivity index is 1.88. The topological polar surface area (TPSA) is 37.3 Å². The molecule has 106 valence electrons. The van der Waals surface area contributed by atoms with Crippen LogP contribution in [-0.2, 0) is 7.05 Å². The average molecular weight is 271 g/mol. The number of hydrogen-bond donors (Lipinski definition) is 1. The van der Waals surface area contributed by atoms with Crippen LogP contribution in [0.4, 0.5) is 5.69 Å². The summed E-state index contributed by atoms with van der Waals surface area (Å²) in [4.78, 5) is 14.4. The van der Waals surface area contributed by atoms with E-state index in [-0.39, 0.29) is 5.56 Å². The van der Waals surface area contributed by atoms with Crippen molar-refractivity contribution in [3.8, 4) is 0 Å². The van der Waals surface area contributed by atoms with Crippen LogP contribution in [0.5, 0.6) is 0 Å². The number of aryl methyl sites for hydroxylation is 1. The molecule has 4 heteroatoms. The molecule has 0 bridgehead atoms. The summed E-state index contributed by atoms with van der Waals surface area (Å²) in [6.07, 6.45) is 1.23. The van der Waals surface area contributed by atoms with E-state index in [2.05, 4.69) is 23.3 Å². The molecule has 0 saturated carbocycles. The highest BCUT2D eigenvalue weighted by atomic mass is 16.1. The first kappa shape index (κ1) is 13.2. The van der Waals surface area contributed by atoms with Gasteiger partial charge in [-0.1, -0.05) is 18.2 Å². The quantitative estimate of drug-likeness (QED) is 0.926. The van der Waals surface area contributed by atoms with Gasteiger partial charge in [0.25, 0.3) is 5.56 Å². The lowest BCUT2D eigenvalue weighted by Crippen LogP contribution is -2.21. The number of rotatable bonds is 3. The number of hydrogen-bond acceptors (Lipinski definition) is 3. The monoisotopic (exact) mass is 271 g/mol. The van der Waals surface area contributed by atoms with Gasteiger partial charge in [0.1, 0.15) is 0 Å². The van der Waals surface area contributed by atoms with E-state index in [0.29, 0.717) is 5.92 Å². The lowest BCUT2D eigenvalue weighted by Gasteiger charge is -2.15. The minimum atomic E-state index is 0.0368. The molecule has 1 saturated heterocycles. The number of fused-ring (bicyclic) bond motifs is 1. The zero-order chi connectivity index (χ0) is 14.1. The summed E-state index contributed by atoms with van der Waals surface area (Å²) >= 11 is 0. The van der Waals surface area contributed by atoms with Gasteiger partial charge in [0.2, 0.25) is 0 Å². The van der Waals surface area contributed by atoms with Gasteiger partial charge in [0.05, 0.1) is 5.52 Å². The number of benzene rings is 1. The van der Waals surface area contributed by atoms with Gasteiger partial charge >= 0.3 is 0 Å². The summed E-state index contributed by atoms with van der Waals surface area (Å²) < 4.78 is 1.70. The SMILES string of the molecule is CN1CCC(CNc2cc(=O)n(C)c3ccccc23)C1. The zero-order valence-electron chi connectivity index (χ0n) is 12.1. The van der Waals surface area contributed by atoms with Gasteiger partial charge in [0.15, 0.2) is 0 Å². The molecule has 1 unspecified atom stereocenters. The second kappa shape index (κ2) is 5.29. The number of aromatic nitrogens is 1. The third kappa shape index (κ3) is 2.43. The summed E-state index contributed by atoms with van der Waals surface area (Å²) in [6, 6.07) is 9.75.